The SMILES string of the molecule is C=CCCN(C(=Nc1c(OC)cccc1OC)c1cc(Cl)c(-c2ccccc2F)nc1NC=O)C(C)CNC=O. The predicted molar refractivity (Wildman–Crippen MR) is 155 cm³/mol. The molecule has 0 spiro atoms. The fourth-order valence-corrected chi connectivity index (χ4v) is 4.34. The minimum absolute atomic E-state index is 0.101. The summed E-state index contributed by atoms with van der Waals surface area (Å²) in [6, 6.07) is 12.6. The lowest BCUT2D eigenvalue weighted by molar-refractivity contribution is -0.109. The number of anilines is 1. The molecule has 2 aromatic carbocycles. The van der Waals surface area contributed by atoms with Crippen molar-refractivity contribution in [1.29, 1.82) is 0 Å². The molecule has 2 N–H and O–H groups in total. The minimum atomic E-state index is -0.518. The highest BCUT2D eigenvalue weighted by Crippen LogP contribution is 2.39. The molecule has 1 aromatic heterocycles. The van der Waals surface area contributed by atoms with E-state index in [0.29, 0.717) is 54.4 Å². The molecule has 0 aliphatic carbocycles. The molecule has 9 nitrogen and oxygen atoms in total. The third-order valence-electron chi connectivity index (χ3n) is 6.04. The van der Waals surface area contributed by atoms with Crippen LogP contribution in [0.4, 0.5) is 15.9 Å². The van der Waals surface area contributed by atoms with Gasteiger partial charge in [0.2, 0.25) is 12.8 Å². The van der Waals surface area contributed by atoms with E-state index in [2.05, 4.69) is 22.2 Å². The lowest BCUT2D eigenvalue weighted by Crippen LogP contribution is -2.45. The molecule has 0 aliphatic rings. The Hall–Kier alpha value is -4.44. The van der Waals surface area contributed by atoms with Crippen LogP contribution in [0.15, 0.2) is 66.2 Å². The van der Waals surface area contributed by atoms with Crippen LogP contribution in [0.5, 0.6) is 11.5 Å². The first kappa shape index (κ1) is 30.1. The topological polar surface area (TPSA) is 105 Å². The van der Waals surface area contributed by atoms with E-state index in [1.165, 1.54) is 20.3 Å². The standard InChI is InChI=1S/C29H31ClFN5O4/c1-5-6-14-36(19(2)16-32-17-37)29(35-27-24(39-3)12-9-13-25(27)40-4)21-15-22(30)26(34-28(21)33-18-38)20-10-7-8-11-23(20)31/h5,7-13,15,17-19H,1,6,14,16H2,2-4H3,(H,32,37)(H,33,34,38). The number of aromatic nitrogens is 1. The van der Waals surface area contributed by atoms with Gasteiger partial charge in [-0.05, 0) is 43.7 Å². The van der Waals surface area contributed by atoms with Crippen molar-refractivity contribution in [3.63, 3.8) is 0 Å². The van der Waals surface area contributed by atoms with Gasteiger partial charge in [0, 0.05) is 24.7 Å². The number of hydrogen-bond donors (Lipinski definition) is 2. The molecule has 1 heterocycles. The van der Waals surface area contributed by atoms with Crippen molar-refractivity contribution < 1.29 is 23.5 Å². The second-order valence-electron chi connectivity index (χ2n) is 8.55. The van der Waals surface area contributed by atoms with Crippen molar-refractivity contribution in [3.05, 3.63) is 77.6 Å². The first-order valence-corrected chi connectivity index (χ1v) is 12.8. The minimum Gasteiger partial charge on any atom is -0.494 e. The van der Waals surface area contributed by atoms with E-state index in [1.807, 2.05) is 11.8 Å². The van der Waals surface area contributed by atoms with E-state index in [4.69, 9.17) is 26.1 Å². The molecule has 0 radical (unpaired) electrons. The molecule has 11 heteroatoms. The smallest absolute Gasteiger partial charge is 0.212 e. The molecular formula is C29H31ClFN5O4. The van der Waals surface area contributed by atoms with Crippen molar-refractivity contribution in [3.8, 4) is 22.8 Å². The normalized spacial score (nSPS) is 11.8. The molecule has 0 saturated heterocycles. The highest BCUT2D eigenvalue weighted by molar-refractivity contribution is 6.33. The molecule has 0 aliphatic heterocycles. The molecule has 1 atom stereocenters. The van der Waals surface area contributed by atoms with E-state index in [1.54, 1.807) is 48.5 Å². The Morgan fingerprint density at radius 3 is 2.45 bits per heavy atom. The van der Waals surface area contributed by atoms with Gasteiger partial charge in [-0.2, -0.15) is 0 Å². The maximum Gasteiger partial charge on any atom is 0.212 e. The Bertz CT molecular complexity index is 1360. The first-order valence-electron chi connectivity index (χ1n) is 12.4. The van der Waals surface area contributed by atoms with Gasteiger partial charge in [0.25, 0.3) is 0 Å². The molecule has 3 rings (SSSR count). The van der Waals surface area contributed by atoms with E-state index in [9.17, 15) is 14.0 Å². The fraction of sp³-hybridized carbons (Fsp3) is 0.241. The summed E-state index contributed by atoms with van der Waals surface area (Å²) in [5.74, 6) is 0.806. The van der Waals surface area contributed by atoms with Crippen LogP contribution in [0.25, 0.3) is 11.3 Å². The molecular weight excluding hydrogens is 537 g/mol. The first-order chi connectivity index (χ1) is 19.4. The van der Waals surface area contributed by atoms with Crippen LogP contribution in [0.2, 0.25) is 5.02 Å². The van der Waals surface area contributed by atoms with E-state index < -0.39 is 5.82 Å². The van der Waals surface area contributed by atoms with Crippen LogP contribution in [0, 0.1) is 5.82 Å². The Balaban J connectivity index is 2.37. The number of methoxy groups -OCH3 is 2. The molecule has 0 bridgehead atoms. The lowest BCUT2D eigenvalue weighted by Gasteiger charge is -2.33. The van der Waals surface area contributed by atoms with Crippen molar-refractivity contribution in [2.75, 3.05) is 32.6 Å². The molecule has 3 aromatic rings. The zero-order valence-electron chi connectivity index (χ0n) is 22.5. The van der Waals surface area contributed by atoms with Crippen molar-refractivity contribution in [2.24, 2.45) is 4.99 Å². The molecule has 40 heavy (non-hydrogen) atoms. The Morgan fingerprint density at radius 1 is 1.15 bits per heavy atom. The van der Waals surface area contributed by atoms with Crippen molar-refractivity contribution >= 4 is 41.8 Å². The second-order valence-corrected chi connectivity index (χ2v) is 8.96. The molecule has 0 saturated carbocycles. The van der Waals surface area contributed by atoms with E-state index in [-0.39, 0.29) is 34.7 Å². The number of amidine groups is 1. The number of benzene rings is 2. The number of amides is 2. The highest BCUT2D eigenvalue weighted by atomic mass is 35.5. The number of carbonyl (C=O) groups is 2. The summed E-state index contributed by atoms with van der Waals surface area (Å²) in [4.78, 5) is 34.3. The number of halogens is 2. The molecule has 0 fully saturated rings. The third-order valence-corrected chi connectivity index (χ3v) is 6.32. The highest BCUT2D eigenvalue weighted by Gasteiger charge is 2.26. The summed E-state index contributed by atoms with van der Waals surface area (Å²) in [6.07, 6.45) is 3.41. The Morgan fingerprint density at radius 2 is 1.85 bits per heavy atom. The van der Waals surface area contributed by atoms with Gasteiger partial charge < -0.3 is 25.0 Å². The monoisotopic (exact) mass is 567 g/mol. The summed E-state index contributed by atoms with van der Waals surface area (Å²) >= 11 is 6.70. The number of nitrogens with zero attached hydrogens (tertiary/aromatic N) is 3. The number of aliphatic imine (C=N–C) groups is 1. The molecule has 2 amide bonds. The van der Waals surface area contributed by atoms with Crippen LogP contribution in [-0.4, -0.2) is 61.9 Å². The van der Waals surface area contributed by atoms with Gasteiger partial charge in [-0.1, -0.05) is 35.9 Å². The zero-order valence-corrected chi connectivity index (χ0v) is 23.2. The van der Waals surface area contributed by atoms with Crippen molar-refractivity contribution in [1.82, 2.24) is 15.2 Å². The van der Waals surface area contributed by atoms with Gasteiger partial charge in [-0.25, -0.2) is 14.4 Å². The maximum absolute atomic E-state index is 14.7. The van der Waals surface area contributed by atoms with E-state index >= 15 is 0 Å². The maximum atomic E-state index is 14.7. The summed E-state index contributed by atoms with van der Waals surface area (Å²) in [7, 11) is 3.03. The molecule has 210 valence electrons. The number of rotatable bonds is 14. The average molecular weight is 568 g/mol. The van der Waals surface area contributed by atoms with Gasteiger partial charge in [0.15, 0.2) is 0 Å². The number of para-hydroxylation sites is 1. The predicted octanol–water partition coefficient (Wildman–Crippen LogP) is 5.22. The average Bonchev–Trinajstić information content (AvgIpc) is 2.96. The van der Waals surface area contributed by atoms with Gasteiger partial charge in [0.1, 0.15) is 34.7 Å². The van der Waals surface area contributed by atoms with Crippen LogP contribution < -0.4 is 20.1 Å². The number of hydrogen-bond acceptors (Lipinski definition) is 6. The van der Waals surface area contributed by atoms with Gasteiger partial charge in [-0.15, -0.1) is 6.58 Å². The second kappa shape index (κ2) is 14.6. The number of pyridine rings is 1. The van der Waals surface area contributed by atoms with Crippen LogP contribution in [0.3, 0.4) is 0 Å². The summed E-state index contributed by atoms with van der Waals surface area (Å²) in [5, 5.41) is 5.45. The Kier molecular flexibility index (Phi) is 11.0. The van der Waals surface area contributed by atoms with Crippen LogP contribution >= 0.6 is 11.6 Å². The van der Waals surface area contributed by atoms with Crippen LogP contribution in [-0.2, 0) is 9.59 Å². The summed E-state index contributed by atoms with van der Waals surface area (Å²) < 4.78 is 25.8. The summed E-state index contributed by atoms with van der Waals surface area (Å²) in [5.41, 5.74) is 1.06. The van der Waals surface area contributed by atoms with Crippen molar-refractivity contribution in [2.45, 2.75) is 19.4 Å². The van der Waals surface area contributed by atoms with E-state index in [0.717, 1.165) is 0 Å². The largest absolute Gasteiger partial charge is 0.494 e. The number of ether oxygens (including phenoxy) is 2. The lowest BCUT2D eigenvalue weighted by atomic mass is 10.1. The summed E-state index contributed by atoms with van der Waals surface area (Å²) in [6.45, 7) is 6.46. The van der Waals surface area contributed by atoms with Gasteiger partial charge in [0.05, 0.1) is 30.5 Å². The van der Waals surface area contributed by atoms with Gasteiger partial charge in [-0.3, -0.25) is 9.59 Å². The fourth-order valence-electron chi connectivity index (χ4n) is 4.09. The third kappa shape index (κ3) is 6.95. The Labute approximate surface area is 237 Å². The molecule has 1 unspecified atom stereocenters. The zero-order chi connectivity index (χ0) is 29.1. The number of carbonyl (C=O) groups excluding carboxylic acids is 2. The number of nitrogens with one attached hydrogen (secondary N) is 2. The van der Waals surface area contributed by atoms with Crippen LogP contribution in [0.1, 0.15) is 18.9 Å². The quantitative estimate of drug-likeness (QED) is 0.120. The van der Waals surface area contributed by atoms with Gasteiger partial charge >= 0.3 is 0 Å².